The molecule has 1 aliphatic heterocycles. The Labute approximate surface area is 64.6 Å². The highest BCUT2D eigenvalue weighted by molar-refractivity contribution is 4.90. The van der Waals surface area contributed by atoms with Gasteiger partial charge in [-0.3, -0.25) is 0 Å². The number of H-pyrrole nitrogens is 1. The maximum atomic E-state index is 3.93. The van der Waals surface area contributed by atoms with Gasteiger partial charge in [0.15, 0.2) is 5.82 Å². The molecule has 5 heteroatoms. The lowest BCUT2D eigenvalue weighted by molar-refractivity contribution is 0.397. The number of aromatic nitrogens is 4. The highest BCUT2D eigenvalue weighted by atomic mass is 15.5. The van der Waals surface area contributed by atoms with E-state index in [1.54, 1.807) is 0 Å². The summed E-state index contributed by atoms with van der Waals surface area (Å²) in [7, 11) is 0. The van der Waals surface area contributed by atoms with E-state index in [0.717, 1.165) is 18.8 Å². The molecule has 0 spiro atoms. The Balaban J connectivity index is 2.04. The molecule has 1 saturated heterocycles. The smallest absolute Gasteiger partial charge is 0.191 e. The van der Waals surface area contributed by atoms with Gasteiger partial charge in [0.05, 0.1) is 6.04 Å². The van der Waals surface area contributed by atoms with Crippen LogP contribution < -0.4 is 5.32 Å². The third kappa shape index (κ3) is 1.37. The molecule has 1 aromatic rings. The van der Waals surface area contributed by atoms with Gasteiger partial charge < -0.3 is 5.32 Å². The molecule has 0 radical (unpaired) electrons. The van der Waals surface area contributed by atoms with Gasteiger partial charge in [0.1, 0.15) is 0 Å². The van der Waals surface area contributed by atoms with Crippen molar-refractivity contribution in [3.63, 3.8) is 0 Å². The summed E-state index contributed by atoms with van der Waals surface area (Å²) in [5, 5.41) is 17.2. The van der Waals surface area contributed by atoms with Crippen molar-refractivity contribution < 1.29 is 0 Å². The Bertz CT molecular complexity index is 201. The van der Waals surface area contributed by atoms with Gasteiger partial charge in [0.25, 0.3) is 0 Å². The van der Waals surface area contributed by atoms with Crippen molar-refractivity contribution in [3.05, 3.63) is 5.82 Å². The highest BCUT2D eigenvalue weighted by Gasteiger charge is 2.17. The van der Waals surface area contributed by atoms with Crippen LogP contribution in [0.1, 0.15) is 31.1 Å². The Morgan fingerprint density at radius 2 is 2.36 bits per heavy atom. The van der Waals surface area contributed by atoms with Crippen molar-refractivity contribution >= 4 is 0 Å². The minimum atomic E-state index is 0.322. The normalized spacial score (nSPS) is 25.3. The van der Waals surface area contributed by atoms with Crippen LogP contribution in [0, 0.1) is 0 Å². The van der Waals surface area contributed by atoms with Crippen LogP contribution in [0.4, 0.5) is 0 Å². The van der Waals surface area contributed by atoms with Gasteiger partial charge in [0, 0.05) is 0 Å². The molecule has 1 atom stereocenters. The molecule has 11 heavy (non-hydrogen) atoms. The van der Waals surface area contributed by atoms with Crippen LogP contribution in [0.5, 0.6) is 0 Å². The summed E-state index contributed by atoms with van der Waals surface area (Å²) in [5.74, 6) is 0.796. The molecule has 0 saturated carbocycles. The Kier molecular flexibility index (Phi) is 1.81. The van der Waals surface area contributed by atoms with Gasteiger partial charge in [-0.25, -0.2) is 0 Å². The van der Waals surface area contributed by atoms with Crippen LogP contribution in [0.3, 0.4) is 0 Å². The second-order valence-electron chi connectivity index (χ2n) is 2.77. The molecule has 0 unspecified atom stereocenters. The van der Waals surface area contributed by atoms with E-state index in [-0.39, 0.29) is 0 Å². The van der Waals surface area contributed by atoms with E-state index < -0.39 is 0 Å². The zero-order valence-corrected chi connectivity index (χ0v) is 6.25. The summed E-state index contributed by atoms with van der Waals surface area (Å²) < 4.78 is 0. The highest BCUT2D eigenvalue weighted by Crippen LogP contribution is 2.18. The predicted octanol–water partition coefficient (Wildman–Crippen LogP) is 0.0143. The Morgan fingerprint density at radius 1 is 1.36 bits per heavy atom. The molecule has 0 bridgehead atoms. The summed E-state index contributed by atoms with van der Waals surface area (Å²) in [6.45, 7) is 1.07. The average Bonchev–Trinajstić information content (AvgIpc) is 2.58. The van der Waals surface area contributed by atoms with Crippen LogP contribution >= 0.6 is 0 Å². The van der Waals surface area contributed by atoms with Crippen LogP contribution in [-0.2, 0) is 0 Å². The van der Waals surface area contributed by atoms with E-state index in [4.69, 9.17) is 0 Å². The fraction of sp³-hybridized carbons (Fsp3) is 0.833. The zero-order valence-electron chi connectivity index (χ0n) is 6.25. The van der Waals surface area contributed by atoms with Gasteiger partial charge in [0.2, 0.25) is 0 Å². The molecule has 0 amide bonds. The number of hydrogen-bond donors (Lipinski definition) is 2. The number of nitrogens with one attached hydrogen (secondary N) is 2. The number of aromatic amines is 1. The molecule has 5 nitrogen and oxygen atoms in total. The SMILES string of the molecule is C1CC[C@H](c2nn[nH]n2)NC1. The van der Waals surface area contributed by atoms with E-state index in [1.165, 1.54) is 12.8 Å². The fourth-order valence-electron chi connectivity index (χ4n) is 1.39. The number of nitrogens with zero attached hydrogens (tertiary/aromatic N) is 3. The first-order valence-electron chi connectivity index (χ1n) is 3.93. The molecule has 0 aromatic carbocycles. The summed E-state index contributed by atoms with van der Waals surface area (Å²) in [5.41, 5.74) is 0. The van der Waals surface area contributed by atoms with E-state index in [1.807, 2.05) is 0 Å². The number of hydrogen-bond acceptors (Lipinski definition) is 4. The molecule has 0 aliphatic carbocycles. The molecular formula is C6H11N5. The molecule has 1 fully saturated rings. The van der Waals surface area contributed by atoms with Gasteiger partial charge >= 0.3 is 0 Å². The lowest BCUT2D eigenvalue weighted by Gasteiger charge is -2.19. The van der Waals surface area contributed by atoms with E-state index >= 15 is 0 Å². The zero-order chi connectivity index (χ0) is 7.52. The van der Waals surface area contributed by atoms with E-state index in [0.29, 0.717) is 6.04 Å². The van der Waals surface area contributed by atoms with Gasteiger partial charge in [-0.05, 0) is 19.4 Å². The first-order chi connectivity index (χ1) is 5.47. The van der Waals surface area contributed by atoms with Crippen molar-refractivity contribution in [1.29, 1.82) is 0 Å². The first-order valence-corrected chi connectivity index (χ1v) is 3.93. The summed E-state index contributed by atoms with van der Waals surface area (Å²) in [6.07, 6.45) is 3.64. The Morgan fingerprint density at radius 3 is 3.00 bits per heavy atom. The average molecular weight is 153 g/mol. The summed E-state index contributed by atoms with van der Waals surface area (Å²) in [4.78, 5) is 0. The topological polar surface area (TPSA) is 66.5 Å². The molecule has 1 aliphatic rings. The van der Waals surface area contributed by atoms with Crippen LogP contribution in [0.25, 0.3) is 0 Å². The van der Waals surface area contributed by atoms with Crippen LogP contribution in [-0.4, -0.2) is 27.2 Å². The lowest BCUT2D eigenvalue weighted by atomic mass is 10.1. The van der Waals surface area contributed by atoms with Gasteiger partial charge in [-0.1, -0.05) is 11.6 Å². The minimum absolute atomic E-state index is 0.322. The second kappa shape index (κ2) is 2.96. The lowest BCUT2D eigenvalue weighted by Crippen LogP contribution is -2.27. The quantitative estimate of drug-likeness (QED) is 0.596. The minimum Gasteiger partial charge on any atom is -0.307 e. The molecule has 2 rings (SSSR count). The third-order valence-corrected chi connectivity index (χ3v) is 1.98. The largest absolute Gasteiger partial charge is 0.307 e. The van der Waals surface area contributed by atoms with Crippen molar-refractivity contribution in [1.82, 2.24) is 25.9 Å². The van der Waals surface area contributed by atoms with E-state index in [9.17, 15) is 0 Å². The maximum Gasteiger partial charge on any atom is 0.191 e. The molecule has 2 heterocycles. The standard InChI is InChI=1S/C6H11N5/c1-2-4-7-5(3-1)6-8-10-11-9-6/h5,7H,1-4H2,(H,8,9,10,11)/t5-/m1/s1. The van der Waals surface area contributed by atoms with Crippen molar-refractivity contribution in [2.75, 3.05) is 6.54 Å². The first kappa shape index (κ1) is 6.72. The summed E-state index contributed by atoms with van der Waals surface area (Å²) in [6, 6.07) is 0.322. The number of tetrazole rings is 1. The third-order valence-electron chi connectivity index (χ3n) is 1.98. The fourth-order valence-corrected chi connectivity index (χ4v) is 1.39. The number of rotatable bonds is 1. The second-order valence-corrected chi connectivity index (χ2v) is 2.77. The van der Waals surface area contributed by atoms with Crippen molar-refractivity contribution in [3.8, 4) is 0 Å². The van der Waals surface area contributed by atoms with Gasteiger partial charge in [-0.2, -0.15) is 5.21 Å². The predicted molar refractivity (Wildman–Crippen MR) is 38.8 cm³/mol. The molecule has 60 valence electrons. The number of piperidine rings is 1. The molecular weight excluding hydrogens is 142 g/mol. The van der Waals surface area contributed by atoms with E-state index in [2.05, 4.69) is 25.9 Å². The van der Waals surface area contributed by atoms with Gasteiger partial charge in [-0.15, -0.1) is 10.2 Å². The van der Waals surface area contributed by atoms with Crippen LogP contribution in [0.2, 0.25) is 0 Å². The summed E-state index contributed by atoms with van der Waals surface area (Å²) >= 11 is 0. The van der Waals surface area contributed by atoms with Crippen LogP contribution in [0.15, 0.2) is 0 Å². The molecule has 1 aromatic heterocycles. The maximum absolute atomic E-state index is 3.93. The van der Waals surface area contributed by atoms with Crippen molar-refractivity contribution in [2.45, 2.75) is 25.3 Å². The molecule has 2 N–H and O–H groups in total. The Hall–Kier alpha value is -0.970. The van der Waals surface area contributed by atoms with Crippen molar-refractivity contribution in [2.24, 2.45) is 0 Å². The monoisotopic (exact) mass is 153 g/mol.